The second kappa shape index (κ2) is 9.50. The number of hydrogen-bond acceptors (Lipinski definition) is 3. The maximum absolute atomic E-state index is 12.3. The molecule has 1 heterocycles. The van der Waals surface area contributed by atoms with Crippen LogP contribution in [0.4, 0.5) is 0 Å². The Morgan fingerprint density at radius 3 is 2.43 bits per heavy atom. The van der Waals surface area contributed by atoms with E-state index in [-0.39, 0.29) is 11.8 Å². The minimum Gasteiger partial charge on any atom is -0.354 e. The Balaban J connectivity index is 1.46. The Labute approximate surface area is 164 Å². The zero-order chi connectivity index (χ0) is 19.8. The number of carbonyl (C=O) groups is 2. The summed E-state index contributed by atoms with van der Waals surface area (Å²) < 4.78 is 2.07. The quantitative estimate of drug-likeness (QED) is 0.634. The Morgan fingerprint density at radius 2 is 1.71 bits per heavy atom. The molecule has 0 spiro atoms. The van der Waals surface area contributed by atoms with Gasteiger partial charge in [-0.15, -0.1) is 0 Å². The van der Waals surface area contributed by atoms with E-state index in [0.29, 0.717) is 18.5 Å². The monoisotopic (exact) mass is 376 g/mol. The molecule has 3 aromatic rings. The fourth-order valence-corrected chi connectivity index (χ4v) is 2.88. The second-order valence-corrected chi connectivity index (χ2v) is 6.56. The molecule has 6 nitrogen and oxygen atoms in total. The van der Waals surface area contributed by atoms with Crippen LogP contribution in [0.15, 0.2) is 73.1 Å². The largest absolute Gasteiger partial charge is 0.354 e. The molecule has 6 heteroatoms. The van der Waals surface area contributed by atoms with Crippen molar-refractivity contribution in [3.63, 3.8) is 0 Å². The first-order chi connectivity index (χ1) is 13.6. The molecule has 0 radical (unpaired) electrons. The highest BCUT2D eigenvalue weighted by atomic mass is 16.2. The predicted molar refractivity (Wildman–Crippen MR) is 108 cm³/mol. The van der Waals surface area contributed by atoms with Crippen molar-refractivity contribution in [2.24, 2.45) is 0 Å². The first-order valence-electron chi connectivity index (χ1n) is 9.31. The second-order valence-electron chi connectivity index (χ2n) is 6.56. The van der Waals surface area contributed by atoms with E-state index in [1.165, 1.54) is 5.56 Å². The summed E-state index contributed by atoms with van der Waals surface area (Å²) in [6, 6.07) is 18.4. The average Bonchev–Trinajstić information content (AvgIpc) is 3.16. The number of nitrogens with zero attached hydrogens (tertiary/aromatic N) is 2. The van der Waals surface area contributed by atoms with Crippen LogP contribution in [0.1, 0.15) is 28.7 Å². The third-order valence-corrected chi connectivity index (χ3v) is 4.42. The van der Waals surface area contributed by atoms with Gasteiger partial charge in [-0.2, -0.15) is 0 Å². The Morgan fingerprint density at radius 1 is 1.04 bits per heavy atom. The van der Waals surface area contributed by atoms with Crippen molar-refractivity contribution in [3.05, 3.63) is 90.0 Å². The van der Waals surface area contributed by atoms with Gasteiger partial charge in [0.1, 0.15) is 11.9 Å². The van der Waals surface area contributed by atoms with Crippen LogP contribution >= 0.6 is 0 Å². The summed E-state index contributed by atoms with van der Waals surface area (Å²) in [7, 11) is 0. The van der Waals surface area contributed by atoms with Gasteiger partial charge in [-0.3, -0.25) is 9.59 Å². The molecule has 0 aliphatic heterocycles. The number of carbonyl (C=O) groups excluding carboxylic acids is 2. The normalized spacial score (nSPS) is 11.6. The van der Waals surface area contributed by atoms with Crippen molar-refractivity contribution in [3.8, 4) is 0 Å². The zero-order valence-corrected chi connectivity index (χ0v) is 15.8. The summed E-state index contributed by atoms with van der Waals surface area (Å²) in [5.74, 6) is 0.428. The number of benzene rings is 2. The van der Waals surface area contributed by atoms with Gasteiger partial charge in [0.05, 0.1) is 0 Å². The SMILES string of the molecule is CC(NC(=O)c1ccccc1)C(=O)NCCc1nccn1Cc1ccccc1. The van der Waals surface area contributed by atoms with Crippen molar-refractivity contribution in [2.45, 2.75) is 25.9 Å². The van der Waals surface area contributed by atoms with Gasteiger partial charge in [-0.25, -0.2) is 4.98 Å². The zero-order valence-electron chi connectivity index (χ0n) is 15.8. The molecule has 2 aromatic carbocycles. The Bertz CT molecular complexity index is 907. The van der Waals surface area contributed by atoms with E-state index in [2.05, 4.69) is 32.3 Å². The molecule has 1 unspecified atom stereocenters. The first-order valence-corrected chi connectivity index (χ1v) is 9.31. The van der Waals surface area contributed by atoms with E-state index in [9.17, 15) is 9.59 Å². The van der Waals surface area contributed by atoms with E-state index < -0.39 is 6.04 Å². The van der Waals surface area contributed by atoms with Crippen LogP contribution in [-0.4, -0.2) is 34.0 Å². The maximum atomic E-state index is 12.3. The van der Waals surface area contributed by atoms with E-state index in [1.54, 1.807) is 37.4 Å². The van der Waals surface area contributed by atoms with Crippen LogP contribution in [0, 0.1) is 0 Å². The molecule has 144 valence electrons. The molecule has 1 aromatic heterocycles. The molecule has 0 saturated carbocycles. The summed E-state index contributed by atoms with van der Waals surface area (Å²) in [6.07, 6.45) is 4.32. The fraction of sp³-hybridized carbons (Fsp3) is 0.227. The standard InChI is InChI=1S/C22H24N4O2/c1-17(25-22(28)19-10-6-3-7-11-19)21(27)24-13-12-20-23-14-15-26(20)16-18-8-4-2-5-9-18/h2-11,14-15,17H,12-13,16H2,1H3,(H,24,27)(H,25,28). The van der Waals surface area contributed by atoms with Gasteiger partial charge >= 0.3 is 0 Å². The van der Waals surface area contributed by atoms with Gasteiger partial charge in [0.25, 0.3) is 5.91 Å². The maximum Gasteiger partial charge on any atom is 0.251 e. The molecular weight excluding hydrogens is 352 g/mol. The van der Waals surface area contributed by atoms with Crippen molar-refractivity contribution >= 4 is 11.8 Å². The summed E-state index contributed by atoms with van der Waals surface area (Å²) >= 11 is 0. The van der Waals surface area contributed by atoms with Gasteiger partial charge < -0.3 is 15.2 Å². The molecule has 3 rings (SSSR count). The van der Waals surface area contributed by atoms with Crippen molar-refractivity contribution < 1.29 is 9.59 Å². The van der Waals surface area contributed by atoms with Crippen LogP contribution < -0.4 is 10.6 Å². The molecule has 28 heavy (non-hydrogen) atoms. The minimum atomic E-state index is -0.614. The summed E-state index contributed by atoms with van der Waals surface area (Å²) in [4.78, 5) is 28.8. The summed E-state index contributed by atoms with van der Waals surface area (Å²) in [6.45, 7) is 2.87. The lowest BCUT2D eigenvalue weighted by Crippen LogP contribution is -2.45. The third kappa shape index (κ3) is 5.30. The van der Waals surface area contributed by atoms with Gasteiger partial charge in [-0.1, -0.05) is 48.5 Å². The van der Waals surface area contributed by atoms with Gasteiger partial charge in [0.2, 0.25) is 5.91 Å². The first kappa shape index (κ1) is 19.4. The van der Waals surface area contributed by atoms with Crippen LogP contribution in [0.25, 0.3) is 0 Å². The Kier molecular flexibility index (Phi) is 6.57. The number of nitrogens with one attached hydrogen (secondary N) is 2. The van der Waals surface area contributed by atoms with Crippen LogP contribution in [0.3, 0.4) is 0 Å². The third-order valence-electron chi connectivity index (χ3n) is 4.42. The lowest BCUT2D eigenvalue weighted by atomic mass is 10.2. The molecule has 1 atom stereocenters. The van der Waals surface area contributed by atoms with Gasteiger partial charge in [0, 0.05) is 37.5 Å². The smallest absolute Gasteiger partial charge is 0.251 e. The highest BCUT2D eigenvalue weighted by Crippen LogP contribution is 2.06. The number of rotatable bonds is 8. The van der Waals surface area contributed by atoms with Gasteiger partial charge in [-0.05, 0) is 24.6 Å². The molecular formula is C22H24N4O2. The molecule has 2 amide bonds. The van der Waals surface area contributed by atoms with E-state index in [1.807, 2.05) is 30.5 Å². The van der Waals surface area contributed by atoms with Crippen LogP contribution in [-0.2, 0) is 17.8 Å². The number of hydrogen-bond donors (Lipinski definition) is 2. The van der Waals surface area contributed by atoms with Crippen molar-refractivity contribution in [1.82, 2.24) is 20.2 Å². The topological polar surface area (TPSA) is 76.0 Å². The predicted octanol–water partition coefficient (Wildman–Crippen LogP) is 2.41. The van der Waals surface area contributed by atoms with Crippen LogP contribution in [0.2, 0.25) is 0 Å². The average molecular weight is 376 g/mol. The molecule has 2 N–H and O–H groups in total. The highest BCUT2D eigenvalue weighted by molar-refractivity contribution is 5.97. The Hall–Kier alpha value is -3.41. The molecule has 0 aliphatic rings. The number of imidazole rings is 1. The minimum absolute atomic E-state index is 0.217. The molecule has 0 bridgehead atoms. The lowest BCUT2D eigenvalue weighted by molar-refractivity contribution is -0.122. The van der Waals surface area contributed by atoms with Crippen LogP contribution in [0.5, 0.6) is 0 Å². The number of aromatic nitrogens is 2. The fourth-order valence-electron chi connectivity index (χ4n) is 2.88. The number of amides is 2. The van der Waals surface area contributed by atoms with Gasteiger partial charge in [0.15, 0.2) is 0 Å². The van der Waals surface area contributed by atoms with E-state index >= 15 is 0 Å². The summed E-state index contributed by atoms with van der Waals surface area (Å²) in [5.41, 5.74) is 1.73. The van der Waals surface area contributed by atoms with E-state index in [0.717, 1.165) is 12.4 Å². The van der Waals surface area contributed by atoms with Crippen molar-refractivity contribution in [2.75, 3.05) is 6.54 Å². The molecule has 0 fully saturated rings. The molecule has 0 saturated heterocycles. The highest BCUT2D eigenvalue weighted by Gasteiger charge is 2.16. The van der Waals surface area contributed by atoms with E-state index in [4.69, 9.17) is 0 Å². The lowest BCUT2D eigenvalue weighted by Gasteiger charge is -2.14. The summed E-state index contributed by atoms with van der Waals surface area (Å²) in [5, 5.41) is 5.57. The molecule has 0 aliphatic carbocycles. The van der Waals surface area contributed by atoms with Crippen molar-refractivity contribution in [1.29, 1.82) is 0 Å².